The molecule has 6 nitrogen and oxygen atoms in total. The first-order chi connectivity index (χ1) is 11.2. The molecule has 1 aromatic carbocycles. The van der Waals surface area contributed by atoms with E-state index in [-0.39, 0.29) is 5.91 Å². The average Bonchev–Trinajstić information content (AvgIpc) is 3.07. The predicted octanol–water partition coefficient (Wildman–Crippen LogP) is 2.30. The number of nitrogens with zero attached hydrogens (tertiary/aromatic N) is 4. The van der Waals surface area contributed by atoms with Gasteiger partial charge in [-0.05, 0) is 23.3 Å². The van der Waals surface area contributed by atoms with Crippen LogP contribution < -0.4 is 5.32 Å². The third kappa shape index (κ3) is 4.14. The Bertz CT molecular complexity index is 786. The number of benzene rings is 1. The lowest BCUT2D eigenvalue weighted by Gasteiger charge is -2.06. The third-order valence-electron chi connectivity index (χ3n) is 3.24. The highest BCUT2D eigenvalue weighted by Gasteiger charge is 2.07. The molecular weight excluding hydrogens is 314 g/mol. The summed E-state index contributed by atoms with van der Waals surface area (Å²) >= 11 is 5.85. The molecule has 0 unspecified atom stereocenters. The number of hydrogen-bond donors (Lipinski definition) is 1. The summed E-state index contributed by atoms with van der Waals surface area (Å²) in [6, 6.07) is 11.1. The van der Waals surface area contributed by atoms with Gasteiger partial charge in [-0.15, -0.1) is 0 Å². The molecule has 0 spiro atoms. The van der Waals surface area contributed by atoms with Crippen LogP contribution in [0.3, 0.4) is 0 Å². The minimum absolute atomic E-state index is 0.251. The number of carbonyl (C=O) groups excluding carboxylic acids is 1. The van der Waals surface area contributed by atoms with Crippen molar-refractivity contribution in [3.05, 3.63) is 77.1 Å². The Morgan fingerprint density at radius 1 is 1.17 bits per heavy atom. The zero-order valence-corrected chi connectivity index (χ0v) is 12.9. The van der Waals surface area contributed by atoms with E-state index in [0.717, 1.165) is 11.1 Å². The van der Waals surface area contributed by atoms with Crippen LogP contribution in [0.25, 0.3) is 0 Å². The van der Waals surface area contributed by atoms with Crippen molar-refractivity contribution in [2.75, 3.05) is 0 Å². The normalized spacial score (nSPS) is 10.5. The molecule has 0 saturated heterocycles. The zero-order valence-electron chi connectivity index (χ0n) is 12.2. The molecule has 2 aromatic heterocycles. The summed E-state index contributed by atoms with van der Waals surface area (Å²) in [4.78, 5) is 19.9. The number of rotatable bonds is 5. The number of hydrogen-bond acceptors (Lipinski definition) is 4. The average molecular weight is 328 g/mol. The summed E-state index contributed by atoms with van der Waals surface area (Å²) in [6.45, 7) is 1.09. The maximum absolute atomic E-state index is 12.0. The molecule has 0 fully saturated rings. The van der Waals surface area contributed by atoms with Gasteiger partial charge in [0.1, 0.15) is 18.3 Å². The highest BCUT2D eigenvalue weighted by atomic mass is 35.5. The van der Waals surface area contributed by atoms with Gasteiger partial charge in [0, 0.05) is 17.8 Å². The summed E-state index contributed by atoms with van der Waals surface area (Å²) in [5.41, 5.74) is 2.42. The lowest BCUT2D eigenvalue weighted by Crippen LogP contribution is -2.23. The molecule has 0 aliphatic heterocycles. The molecule has 1 amide bonds. The number of nitrogens with one attached hydrogen (secondary N) is 1. The van der Waals surface area contributed by atoms with E-state index >= 15 is 0 Å². The van der Waals surface area contributed by atoms with Gasteiger partial charge in [0.2, 0.25) is 0 Å². The van der Waals surface area contributed by atoms with Crippen molar-refractivity contribution < 1.29 is 4.79 Å². The van der Waals surface area contributed by atoms with Gasteiger partial charge in [0.15, 0.2) is 0 Å². The second-order valence-electron chi connectivity index (χ2n) is 4.95. The second-order valence-corrected chi connectivity index (χ2v) is 5.39. The molecule has 1 N–H and O–H groups in total. The van der Waals surface area contributed by atoms with Crippen molar-refractivity contribution in [3.63, 3.8) is 0 Å². The molecule has 0 aliphatic carbocycles. The fourth-order valence-corrected chi connectivity index (χ4v) is 2.23. The van der Waals surface area contributed by atoms with Crippen LogP contribution in [0.15, 0.2) is 55.2 Å². The van der Waals surface area contributed by atoms with E-state index in [0.29, 0.717) is 23.8 Å². The largest absolute Gasteiger partial charge is 0.347 e. The maximum Gasteiger partial charge on any atom is 0.270 e. The van der Waals surface area contributed by atoms with Gasteiger partial charge < -0.3 is 5.32 Å². The summed E-state index contributed by atoms with van der Waals surface area (Å²) in [5, 5.41) is 7.37. The van der Waals surface area contributed by atoms with Crippen molar-refractivity contribution in [1.29, 1.82) is 0 Å². The van der Waals surface area contributed by atoms with Crippen LogP contribution in [0.1, 0.15) is 21.6 Å². The Kier molecular flexibility index (Phi) is 4.63. The monoisotopic (exact) mass is 327 g/mol. The molecule has 0 atom stereocenters. The Labute approximate surface area is 138 Å². The highest BCUT2D eigenvalue weighted by molar-refractivity contribution is 6.30. The van der Waals surface area contributed by atoms with E-state index in [9.17, 15) is 4.79 Å². The molecule has 23 heavy (non-hydrogen) atoms. The molecule has 0 saturated carbocycles. The van der Waals surface area contributed by atoms with Crippen LogP contribution >= 0.6 is 11.6 Å². The fourth-order valence-electron chi connectivity index (χ4n) is 2.07. The Morgan fingerprint density at radius 3 is 2.65 bits per heavy atom. The van der Waals surface area contributed by atoms with Gasteiger partial charge in [-0.25, -0.2) is 9.67 Å². The van der Waals surface area contributed by atoms with Gasteiger partial charge in [-0.2, -0.15) is 5.10 Å². The van der Waals surface area contributed by atoms with E-state index < -0.39 is 0 Å². The standard InChI is InChI=1S/C16H14ClN5O/c17-14-5-6-19-15(7-14)16(23)20-8-12-1-3-13(4-2-12)9-22-11-18-10-21-22/h1-7,10-11H,8-9H2,(H,20,23). The molecule has 7 heteroatoms. The van der Waals surface area contributed by atoms with Crippen molar-refractivity contribution in [2.45, 2.75) is 13.1 Å². The maximum atomic E-state index is 12.0. The summed E-state index contributed by atoms with van der Waals surface area (Å²) in [5.74, 6) is -0.251. The van der Waals surface area contributed by atoms with E-state index in [1.54, 1.807) is 17.1 Å². The molecule has 0 bridgehead atoms. The van der Waals surface area contributed by atoms with Gasteiger partial charge in [-0.3, -0.25) is 9.78 Å². The second kappa shape index (κ2) is 7.02. The lowest BCUT2D eigenvalue weighted by molar-refractivity contribution is 0.0946. The van der Waals surface area contributed by atoms with Crippen LogP contribution in [0.2, 0.25) is 5.02 Å². The Hall–Kier alpha value is -2.73. The summed E-state index contributed by atoms with van der Waals surface area (Å²) < 4.78 is 1.75. The Balaban J connectivity index is 1.57. The quantitative estimate of drug-likeness (QED) is 0.780. The van der Waals surface area contributed by atoms with Gasteiger partial charge in [0.25, 0.3) is 5.91 Å². The number of carbonyl (C=O) groups is 1. The van der Waals surface area contributed by atoms with Gasteiger partial charge in [0.05, 0.1) is 6.54 Å². The number of pyridine rings is 1. The van der Waals surface area contributed by atoms with Crippen molar-refractivity contribution in [3.8, 4) is 0 Å². The predicted molar refractivity (Wildman–Crippen MR) is 86.0 cm³/mol. The molecular formula is C16H14ClN5O. The van der Waals surface area contributed by atoms with Crippen LogP contribution in [0.4, 0.5) is 0 Å². The van der Waals surface area contributed by atoms with Crippen LogP contribution in [0, 0.1) is 0 Å². The lowest BCUT2D eigenvalue weighted by atomic mass is 10.1. The number of amides is 1. The molecule has 3 rings (SSSR count). The van der Waals surface area contributed by atoms with E-state index in [4.69, 9.17) is 11.6 Å². The first kappa shape index (κ1) is 15.2. The molecule has 3 aromatic rings. The first-order valence-electron chi connectivity index (χ1n) is 7.01. The topological polar surface area (TPSA) is 72.7 Å². The van der Waals surface area contributed by atoms with Crippen LogP contribution in [-0.4, -0.2) is 25.7 Å². The SMILES string of the molecule is O=C(NCc1ccc(Cn2cncn2)cc1)c1cc(Cl)ccn1. The highest BCUT2D eigenvalue weighted by Crippen LogP contribution is 2.09. The van der Waals surface area contributed by atoms with E-state index in [1.165, 1.54) is 18.6 Å². The molecule has 0 radical (unpaired) electrons. The van der Waals surface area contributed by atoms with Crippen molar-refractivity contribution in [2.24, 2.45) is 0 Å². The van der Waals surface area contributed by atoms with Crippen LogP contribution in [-0.2, 0) is 13.1 Å². The fraction of sp³-hybridized carbons (Fsp3) is 0.125. The zero-order chi connectivity index (χ0) is 16.1. The van der Waals surface area contributed by atoms with Gasteiger partial charge >= 0.3 is 0 Å². The van der Waals surface area contributed by atoms with Crippen molar-refractivity contribution in [1.82, 2.24) is 25.1 Å². The minimum Gasteiger partial charge on any atom is -0.347 e. The molecule has 0 aliphatic rings. The Morgan fingerprint density at radius 2 is 1.96 bits per heavy atom. The smallest absolute Gasteiger partial charge is 0.270 e. The van der Waals surface area contributed by atoms with Crippen LogP contribution in [0.5, 0.6) is 0 Å². The third-order valence-corrected chi connectivity index (χ3v) is 3.48. The van der Waals surface area contributed by atoms with Gasteiger partial charge in [-0.1, -0.05) is 35.9 Å². The number of halogens is 1. The first-order valence-corrected chi connectivity index (χ1v) is 7.38. The summed E-state index contributed by atoms with van der Waals surface area (Å²) in [6.07, 6.45) is 4.69. The molecule has 2 heterocycles. The van der Waals surface area contributed by atoms with Crippen molar-refractivity contribution >= 4 is 17.5 Å². The minimum atomic E-state index is -0.251. The number of aromatic nitrogens is 4. The molecule has 116 valence electrons. The van der Waals surface area contributed by atoms with E-state index in [2.05, 4.69) is 20.4 Å². The summed E-state index contributed by atoms with van der Waals surface area (Å²) in [7, 11) is 0. The van der Waals surface area contributed by atoms with E-state index in [1.807, 2.05) is 24.3 Å².